The molecule has 0 N–H and O–H groups in total. The van der Waals surface area contributed by atoms with E-state index in [1.165, 1.54) is 18.9 Å². The molecule has 1 aliphatic rings. The molecule has 1 saturated heterocycles. The SMILES string of the molecule is COC(=O)[C@@H]1CN(C(=O)CSc2cccc3cccc(Cl)c23)CCS1. The van der Waals surface area contributed by atoms with Crippen molar-refractivity contribution < 1.29 is 14.3 Å². The number of methoxy groups -OCH3 is 1. The fourth-order valence-electron chi connectivity index (χ4n) is 2.76. The molecule has 7 heteroatoms. The van der Waals surface area contributed by atoms with E-state index in [1.54, 1.807) is 16.7 Å². The van der Waals surface area contributed by atoms with Gasteiger partial charge in [0.2, 0.25) is 5.91 Å². The van der Waals surface area contributed by atoms with Gasteiger partial charge in [-0.15, -0.1) is 23.5 Å². The molecule has 0 aromatic heterocycles. The number of ether oxygens (including phenoxy) is 1. The maximum atomic E-state index is 12.6. The summed E-state index contributed by atoms with van der Waals surface area (Å²) in [7, 11) is 1.38. The summed E-state index contributed by atoms with van der Waals surface area (Å²) in [5.74, 6) is 0.832. The van der Waals surface area contributed by atoms with Crippen LogP contribution in [0.25, 0.3) is 10.8 Å². The number of nitrogens with zero attached hydrogens (tertiary/aromatic N) is 1. The molecule has 0 radical (unpaired) electrons. The van der Waals surface area contributed by atoms with Gasteiger partial charge in [0.05, 0.1) is 12.9 Å². The van der Waals surface area contributed by atoms with E-state index in [1.807, 2.05) is 36.4 Å². The molecule has 1 heterocycles. The third-order valence-electron chi connectivity index (χ3n) is 4.05. The number of benzene rings is 2. The van der Waals surface area contributed by atoms with Crippen molar-refractivity contribution in [2.24, 2.45) is 0 Å². The quantitative estimate of drug-likeness (QED) is 0.583. The van der Waals surface area contributed by atoms with Gasteiger partial charge in [-0.3, -0.25) is 9.59 Å². The molecule has 1 amide bonds. The fraction of sp³-hybridized carbons (Fsp3) is 0.333. The lowest BCUT2D eigenvalue weighted by atomic mass is 10.1. The molecule has 1 fully saturated rings. The number of thioether (sulfide) groups is 2. The maximum Gasteiger partial charge on any atom is 0.320 e. The van der Waals surface area contributed by atoms with Crippen LogP contribution in [0.1, 0.15) is 0 Å². The van der Waals surface area contributed by atoms with E-state index >= 15 is 0 Å². The molecule has 0 saturated carbocycles. The van der Waals surface area contributed by atoms with Crippen molar-refractivity contribution in [3.8, 4) is 0 Å². The molecule has 0 bridgehead atoms. The number of carbonyl (C=O) groups is 2. The first kappa shape index (κ1) is 18.4. The molecule has 1 aliphatic heterocycles. The topological polar surface area (TPSA) is 46.6 Å². The van der Waals surface area contributed by atoms with Crippen LogP contribution in [0, 0.1) is 0 Å². The standard InChI is InChI=1S/C18H18ClNO3S2/c1-23-18(22)15-10-20(8-9-24-15)16(21)11-25-14-7-3-5-12-4-2-6-13(19)17(12)14/h2-7,15H,8-11H2,1H3/t15-/m0/s1. The van der Waals surface area contributed by atoms with Gasteiger partial charge in [-0.1, -0.05) is 35.9 Å². The molecule has 0 unspecified atom stereocenters. The Kier molecular flexibility index (Phi) is 6.15. The van der Waals surface area contributed by atoms with Crippen molar-refractivity contribution in [2.45, 2.75) is 10.1 Å². The average molecular weight is 396 g/mol. The second-order valence-corrected chi connectivity index (χ2v) is 8.34. The predicted octanol–water partition coefficient (Wildman–Crippen LogP) is 3.70. The van der Waals surface area contributed by atoms with E-state index in [2.05, 4.69) is 0 Å². The van der Waals surface area contributed by atoms with E-state index in [9.17, 15) is 9.59 Å². The normalized spacial score (nSPS) is 17.5. The Morgan fingerprint density at radius 1 is 1.32 bits per heavy atom. The summed E-state index contributed by atoms with van der Waals surface area (Å²) < 4.78 is 4.79. The Morgan fingerprint density at radius 3 is 2.84 bits per heavy atom. The third-order valence-corrected chi connectivity index (χ3v) is 6.57. The van der Waals surface area contributed by atoms with E-state index in [4.69, 9.17) is 16.3 Å². The highest BCUT2D eigenvalue weighted by atomic mass is 35.5. The largest absolute Gasteiger partial charge is 0.468 e. The number of rotatable bonds is 4. The van der Waals surface area contributed by atoms with Crippen LogP contribution in [0.2, 0.25) is 5.02 Å². The molecule has 4 nitrogen and oxygen atoms in total. The van der Waals surface area contributed by atoms with Crippen LogP contribution < -0.4 is 0 Å². The minimum absolute atomic E-state index is 0.0308. The zero-order valence-electron chi connectivity index (χ0n) is 13.7. The van der Waals surface area contributed by atoms with Gasteiger partial charge in [-0.2, -0.15) is 0 Å². The smallest absolute Gasteiger partial charge is 0.320 e. The summed E-state index contributed by atoms with van der Waals surface area (Å²) in [4.78, 5) is 27.0. The van der Waals surface area contributed by atoms with Crippen molar-refractivity contribution in [2.75, 3.05) is 31.7 Å². The molecule has 25 heavy (non-hydrogen) atoms. The summed E-state index contributed by atoms with van der Waals surface area (Å²) >= 11 is 9.36. The summed E-state index contributed by atoms with van der Waals surface area (Å²) in [5.41, 5.74) is 0. The molecule has 2 aromatic rings. The number of hydrogen-bond acceptors (Lipinski definition) is 5. The minimum Gasteiger partial charge on any atom is -0.468 e. The minimum atomic E-state index is -0.292. The number of halogens is 1. The zero-order valence-corrected chi connectivity index (χ0v) is 16.1. The Labute approximate surface area is 160 Å². The van der Waals surface area contributed by atoms with Crippen molar-refractivity contribution in [1.29, 1.82) is 0 Å². The number of fused-ring (bicyclic) bond motifs is 1. The van der Waals surface area contributed by atoms with Crippen molar-refractivity contribution in [1.82, 2.24) is 4.90 Å². The molecule has 2 aromatic carbocycles. The zero-order chi connectivity index (χ0) is 17.8. The Hall–Kier alpha value is -1.37. The van der Waals surface area contributed by atoms with Crippen molar-refractivity contribution in [3.05, 3.63) is 41.4 Å². The molecule has 3 rings (SSSR count). The summed E-state index contributed by atoms with van der Waals surface area (Å²) in [6, 6.07) is 11.7. The van der Waals surface area contributed by atoms with E-state index in [0.29, 0.717) is 23.9 Å². The number of hydrogen-bond donors (Lipinski definition) is 0. The number of esters is 1. The molecule has 132 valence electrons. The van der Waals surface area contributed by atoms with Gasteiger partial charge in [0.15, 0.2) is 0 Å². The van der Waals surface area contributed by atoms with Crippen LogP contribution in [-0.4, -0.2) is 53.7 Å². The summed E-state index contributed by atoms with van der Waals surface area (Å²) in [6.45, 7) is 1.07. The van der Waals surface area contributed by atoms with Gasteiger partial charge in [0.1, 0.15) is 5.25 Å². The Morgan fingerprint density at radius 2 is 2.08 bits per heavy atom. The van der Waals surface area contributed by atoms with Gasteiger partial charge in [0, 0.05) is 34.1 Å². The first-order valence-corrected chi connectivity index (χ1v) is 10.3. The van der Waals surface area contributed by atoms with Gasteiger partial charge < -0.3 is 9.64 Å². The highest BCUT2D eigenvalue weighted by molar-refractivity contribution is 8.00. The van der Waals surface area contributed by atoms with Crippen molar-refractivity contribution in [3.63, 3.8) is 0 Å². The van der Waals surface area contributed by atoms with Gasteiger partial charge in [-0.25, -0.2) is 0 Å². The average Bonchev–Trinajstić information content (AvgIpc) is 2.65. The van der Waals surface area contributed by atoms with Crippen LogP contribution in [0.5, 0.6) is 0 Å². The lowest BCUT2D eigenvalue weighted by Gasteiger charge is -2.31. The lowest BCUT2D eigenvalue weighted by molar-refractivity contribution is -0.141. The summed E-state index contributed by atoms with van der Waals surface area (Å²) in [5, 5.41) is 2.43. The highest BCUT2D eigenvalue weighted by Gasteiger charge is 2.29. The number of amides is 1. The fourth-order valence-corrected chi connectivity index (χ4v) is 5.24. The predicted molar refractivity (Wildman–Crippen MR) is 105 cm³/mol. The monoisotopic (exact) mass is 395 g/mol. The van der Waals surface area contributed by atoms with E-state index in [0.717, 1.165) is 21.4 Å². The number of carbonyl (C=O) groups excluding carboxylic acids is 2. The van der Waals surface area contributed by atoms with Crippen LogP contribution >= 0.6 is 35.1 Å². The Balaban J connectivity index is 1.68. The maximum absolute atomic E-state index is 12.6. The van der Waals surface area contributed by atoms with Crippen LogP contribution in [0.15, 0.2) is 41.3 Å². The third kappa shape index (κ3) is 4.25. The second-order valence-electron chi connectivity index (χ2n) is 5.61. The van der Waals surface area contributed by atoms with E-state index in [-0.39, 0.29) is 17.1 Å². The second kappa shape index (κ2) is 8.34. The van der Waals surface area contributed by atoms with Crippen LogP contribution in [0.4, 0.5) is 0 Å². The van der Waals surface area contributed by atoms with Crippen LogP contribution in [0.3, 0.4) is 0 Å². The highest BCUT2D eigenvalue weighted by Crippen LogP contribution is 2.33. The molecular weight excluding hydrogens is 378 g/mol. The van der Waals surface area contributed by atoms with Crippen LogP contribution in [-0.2, 0) is 14.3 Å². The molecule has 0 aliphatic carbocycles. The van der Waals surface area contributed by atoms with Gasteiger partial charge >= 0.3 is 5.97 Å². The van der Waals surface area contributed by atoms with Crippen molar-refractivity contribution >= 4 is 57.8 Å². The molecule has 0 spiro atoms. The summed E-state index contributed by atoms with van der Waals surface area (Å²) in [6.07, 6.45) is 0. The first-order chi connectivity index (χ1) is 12.1. The Bertz CT molecular complexity index is 794. The molecule has 1 atom stereocenters. The lowest BCUT2D eigenvalue weighted by Crippen LogP contribution is -2.45. The van der Waals surface area contributed by atoms with Gasteiger partial charge in [-0.05, 0) is 17.5 Å². The van der Waals surface area contributed by atoms with E-state index < -0.39 is 0 Å². The first-order valence-electron chi connectivity index (χ1n) is 7.87. The molecular formula is C18H18ClNO3S2. The van der Waals surface area contributed by atoms with Gasteiger partial charge in [0.25, 0.3) is 0 Å².